The number of hydrogen-bond acceptors (Lipinski definition) is 3. The van der Waals surface area contributed by atoms with E-state index in [1.807, 2.05) is 0 Å². The SMILES string of the molecule is O=C(Nc1cc2[nH]c(=O)[nH]c2cc1Br)c1cc(Cl)ccn1. The summed E-state index contributed by atoms with van der Waals surface area (Å²) in [4.78, 5) is 32.6. The van der Waals surface area contributed by atoms with Crippen molar-refractivity contribution in [3.8, 4) is 0 Å². The van der Waals surface area contributed by atoms with Gasteiger partial charge in [0.25, 0.3) is 5.91 Å². The summed E-state index contributed by atoms with van der Waals surface area (Å²) in [5.74, 6) is -0.393. The highest BCUT2D eigenvalue weighted by molar-refractivity contribution is 9.10. The minimum atomic E-state index is -0.393. The van der Waals surface area contributed by atoms with Crippen LogP contribution in [-0.2, 0) is 0 Å². The third-order valence-corrected chi connectivity index (χ3v) is 3.70. The van der Waals surface area contributed by atoms with Gasteiger partial charge in [-0.05, 0) is 40.2 Å². The zero-order valence-electron chi connectivity index (χ0n) is 10.4. The Morgan fingerprint density at radius 3 is 2.67 bits per heavy atom. The van der Waals surface area contributed by atoms with Crippen LogP contribution in [0, 0.1) is 0 Å². The number of aromatic nitrogens is 3. The van der Waals surface area contributed by atoms with Crippen molar-refractivity contribution < 1.29 is 4.79 Å². The molecule has 1 amide bonds. The molecule has 0 saturated carbocycles. The fourth-order valence-electron chi connectivity index (χ4n) is 1.87. The standard InChI is InChI=1S/C13H8BrClN4O2/c14-7-4-9-10(19-13(21)18-9)5-8(7)17-12(20)11-3-6(15)1-2-16-11/h1-5H,(H,17,20)(H2,18,19,21). The molecule has 2 heterocycles. The summed E-state index contributed by atoms with van der Waals surface area (Å²) >= 11 is 9.18. The number of carbonyl (C=O) groups excluding carboxylic acids is 1. The van der Waals surface area contributed by atoms with Gasteiger partial charge in [0.05, 0.1) is 16.7 Å². The van der Waals surface area contributed by atoms with Gasteiger partial charge in [-0.25, -0.2) is 4.79 Å². The van der Waals surface area contributed by atoms with E-state index in [0.29, 0.717) is 26.2 Å². The molecule has 0 spiro atoms. The van der Waals surface area contributed by atoms with E-state index in [-0.39, 0.29) is 11.4 Å². The van der Waals surface area contributed by atoms with Gasteiger partial charge in [-0.1, -0.05) is 11.6 Å². The first-order chi connectivity index (χ1) is 10.0. The molecule has 0 unspecified atom stereocenters. The molecule has 6 nitrogen and oxygen atoms in total. The Kier molecular flexibility index (Phi) is 3.52. The van der Waals surface area contributed by atoms with E-state index in [1.54, 1.807) is 18.2 Å². The number of amides is 1. The van der Waals surface area contributed by atoms with E-state index in [1.165, 1.54) is 12.3 Å². The van der Waals surface area contributed by atoms with Crippen LogP contribution >= 0.6 is 27.5 Å². The molecule has 2 aromatic heterocycles. The first kappa shape index (κ1) is 13.8. The second-order valence-corrected chi connectivity index (χ2v) is 5.56. The number of pyridine rings is 1. The largest absolute Gasteiger partial charge is 0.323 e. The Morgan fingerprint density at radius 2 is 1.95 bits per heavy atom. The molecular weight excluding hydrogens is 360 g/mol. The van der Waals surface area contributed by atoms with Crippen molar-refractivity contribution in [3.05, 3.63) is 56.1 Å². The van der Waals surface area contributed by atoms with Crippen molar-refractivity contribution in [1.82, 2.24) is 15.0 Å². The molecule has 3 aromatic rings. The van der Waals surface area contributed by atoms with Crippen molar-refractivity contribution in [2.45, 2.75) is 0 Å². The smallest absolute Gasteiger partial charge is 0.320 e. The molecule has 0 radical (unpaired) electrons. The van der Waals surface area contributed by atoms with Crippen molar-refractivity contribution in [2.75, 3.05) is 5.32 Å². The number of imidazole rings is 1. The molecule has 0 bridgehead atoms. The highest BCUT2D eigenvalue weighted by Gasteiger charge is 2.12. The molecule has 0 atom stereocenters. The predicted octanol–water partition coefficient (Wildman–Crippen LogP) is 2.92. The van der Waals surface area contributed by atoms with E-state index >= 15 is 0 Å². The van der Waals surface area contributed by atoms with Gasteiger partial charge in [0.1, 0.15) is 5.69 Å². The molecule has 1 aromatic carbocycles. The number of H-pyrrole nitrogens is 2. The lowest BCUT2D eigenvalue weighted by molar-refractivity contribution is 0.102. The summed E-state index contributed by atoms with van der Waals surface area (Å²) in [5, 5.41) is 3.14. The van der Waals surface area contributed by atoms with E-state index < -0.39 is 5.91 Å². The van der Waals surface area contributed by atoms with Crippen LogP contribution in [0.4, 0.5) is 5.69 Å². The van der Waals surface area contributed by atoms with Crippen molar-refractivity contribution in [3.63, 3.8) is 0 Å². The predicted molar refractivity (Wildman–Crippen MR) is 83.8 cm³/mol. The monoisotopic (exact) mass is 366 g/mol. The molecule has 0 fully saturated rings. The van der Waals surface area contributed by atoms with Crippen LogP contribution < -0.4 is 11.0 Å². The molecule has 3 N–H and O–H groups in total. The van der Waals surface area contributed by atoms with Crippen LogP contribution in [0.15, 0.2) is 39.7 Å². The van der Waals surface area contributed by atoms with E-state index in [0.717, 1.165) is 0 Å². The quantitative estimate of drug-likeness (QED) is 0.650. The van der Waals surface area contributed by atoms with E-state index in [9.17, 15) is 9.59 Å². The Bertz CT molecular complexity index is 903. The Hall–Kier alpha value is -2.12. The maximum absolute atomic E-state index is 12.1. The van der Waals surface area contributed by atoms with E-state index in [2.05, 4.69) is 36.2 Å². The Morgan fingerprint density at radius 1 is 1.24 bits per heavy atom. The molecule has 21 heavy (non-hydrogen) atoms. The average Bonchev–Trinajstić information content (AvgIpc) is 2.78. The highest BCUT2D eigenvalue weighted by Crippen LogP contribution is 2.26. The second kappa shape index (κ2) is 5.34. The number of hydrogen-bond donors (Lipinski definition) is 3. The first-order valence-corrected chi connectivity index (χ1v) is 7.04. The molecule has 0 aliphatic rings. The number of aromatic amines is 2. The van der Waals surface area contributed by atoms with Crippen molar-refractivity contribution in [1.29, 1.82) is 0 Å². The Labute approximate surface area is 131 Å². The zero-order chi connectivity index (χ0) is 15.0. The van der Waals surface area contributed by atoms with Crippen molar-refractivity contribution >= 4 is 50.2 Å². The van der Waals surface area contributed by atoms with Gasteiger partial charge < -0.3 is 15.3 Å². The number of nitrogens with zero attached hydrogens (tertiary/aromatic N) is 1. The third-order valence-electron chi connectivity index (χ3n) is 2.81. The average molecular weight is 368 g/mol. The first-order valence-electron chi connectivity index (χ1n) is 5.87. The van der Waals surface area contributed by atoms with Crippen LogP contribution in [-0.4, -0.2) is 20.9 Å². The molecule has 106 valence electrons. The molecule has 8 heteroatoms. The molecule has 3 rings (SSSR count). The third kappa shape index (κ3) is 2.84. The van der Waals surface area contributed by atoms with E-state index in [4.69, 9.17) is 11.6 Å². The lowest BCUT2D eigenvalue weighted by atomic mass is 10.2. The summed E-state index contributed by atoms with van der Waals surface area (Å²) < 4.78 is 0.639. The van der Waals surface area contributed by atoms with Crippen LogP contribution in [0.1, 0.15) is 10.5 Å². The van der Waals surface area contributed by atoms with Crippen LogP contribution in [0.2, 0.25) is 5.02 Å². The number of rotatable bonds is 2. The van der Waals surface area contributed by atoms with Gasteiger partial charge in [-0.15, -0.1) is 0 Å². The number of anilines is 1. The maximum Gasteiger partial charge on any atom is 0.323 e. The number of fused-ring (bicyclic) bond motifs is 1. The number of carbonyl (C=O) groups is 1. The lowest BCUT2D eigenvalue weighted by Gasteiger charge is -2.07. The molecule has 0 aliphatic carbocycles. The summed E-state index contributed by atoms with van der Waals surface area (Å²) in [6, 6.07) is 6.42. The second-order valence-electron chi connectivity index (χ2n) is 4.27. The van der Waals surface area contributed by atoms with Gasteiger partial charge in [0.2, 0.25) is 0 Å². The zero-order valence-corrected chi connectivity index (χ0v) is 12.7. The fraction of sp³-hybridized carbons (Fsp3) is 0. The number of halogens is 2. The van der Waals surface area contributed by atoms with Crippen LogP contribution in [0.25, 0.3) is 11.0 Å². The summed E-state index contributed by atoms with van der Waals surface area (Å²) in [6.45, 7) is 0. The van der Waals surface area contributed by atoms with Crippen molar-refractivity contribution in [2.24, 2.45) is 0 Å². The van der Waals surface area contributed by atoms with Gasteiger partial charge in [-0.3, -0.25) is 9.78 Å². The summed E-state index contributed by atoms with van der Waals surface area (Å²) in [7, 11) is 0. The minimum absolute atomic E-state index is 0.206. The van der Waals surface area contributed by atoms with Gasteiger partial charge in [0.15, 0.2) is 0 Å². The van der Waals surface area contributed by atoms with Gasteiger partial charge in [0, 0.05) is 15.7 Å². The normalized spacial score (nSPS) is 10.8. The maximum atomic E-state index is 12.1. The molecule has 0 saturated heterocycles. The summed E-state index contributed by atoms with van der Waals surface area (Å²) in [6.07, 6.45) is 1.46. The van der Waals surface area contributed by atoms with Gasteiger partial charge in [-0.2, -0.15) is 0 Å². The summed E-state index contributed by atoms with van der Waals surface area (Å²) in [5.41, 5.74) is 1.65. The molecule has 0 aliphatic heterocycles. The lowest BCUT2D eigenvalue weighted by Crippen LogP contribution is -2.13. The minimum Gasteiger partial charge on any atom is -0.320 e. The molecular formula is C13H8BrClN4O2. The van der Waals surface area contributed by atoms with Crippen LogP contribution in [0.5, 0.6) is 0 Å². The Balaban J connectivity index is 1.95. The number of nitrogens with one attached hydrogen (secondary N) is 3. The highest BCUT2D eigenvalue weighted by atomic mass is 79.9. The van der Waals surface area contributed by atoms with Gasteiger partial charge >= 0.3 is 5.69 Å². The topological polar surface area (TPSA) is 90.6 Å². The fourth-order valence-corrected chi connectivity index (χ4v) is 2.47. The number of benzene rings is 1. The van der Waals surface area contributed by atoms with Crippen LogP contribution in [0.3, 0.4) is 0 Å².